The van der Waals surface area contributed by atoms with Gasteiger partial charge in [-0.1, -0.05) is 12.1 Å². The molecular weight excluding hydrogens is 264 g/mol. The molecular formula is C17H14N2O2. The van der Waals surface area contributed by atoms with E-state index in [0.29, 0.717) is 0 Å². The van der Waals surface area contributed by atoms with E-state index in [9.17, 15) is 10.2 Å². The molecule has 0 atom stereocenters. The van der Waals surface area contributed by atoms with Crippen molar-refractivity contribution < 1.29 is 10.2 Å². The van der Waals surface area contributed by atoms with Gasteiger partial charge in [-0.25, -0.2) is 0 Å². The Kier molecular flexibility index (Phi) is 3.43. The summed E-state index contributed by atoms with van der Waals surface area (Å²) >= 11 is 0. The number of benzene rings is 2. The first-order valence-electron chi connectivity index (χ1n) is 6.52. The number of aromatic hydroxyl groups is 2. The predicted octanol–water partition coefficient (Wildman–Crippen LogP) is 3.90. The third-order valence-corrected chi connectivity index (χ3v) is 3.06. The summed E-state index contributed by atoms with van der Waals surface area (Å²) in [5.41, 5.74) is 3.38. The number of pyridine rings is 1. The Hall–Kier alpha value is -3.01. The van der Waals surface area contributed by atoms with Gasteiger partial charge in [0.25, 0.3) is 0 Å². The van der Waals surface area contributed by atoms with Crippen molar-refractivity contribution in [3.05, 3.63) is 66.9 Å². The number of hydrogen-bond donors (Lipinski definition) is 3. The van der Waals surface area contributed by atoms with Gasteiger partial charge in [-0.15, -0.1) is 0 Å². The molecule has 3 N–H and O–H groups in total. The second-order valence-electron chi connectivity index (χ2n) is 4.65. The number of aromatic nitrogens is 1. The zero-order valence-corrected chi connectivity index (χ0v) is 11.2. The van der Waals surface area contributed by atoms with Crippen molar-refractivity contribution in [2.45, 2.75) is 0 Å². The van der Waals surface area contributed by atoms with Crippen LogP contribution in [0.1, 0.15) is 0 Å². The van der Waals surface area contributed by atoms with Gasteiger partial charge in [0.05, 0.1) is 5.69 Å². The smallest absolute Gasteiger partial charge is 0.116 e. The van der Waals surface area contributed by atoms with Gasteiger partial charge < -0.3 is 15.5 Å². The minimum Gasteiger partial charge on any atom is -0.508 e. The fourth-order valence-electron chi connectivity index (χ4n) is 2.04. The maximum atomic E-state index is 9.54. The normalized spacial score (nSPS) is 10.3. The van der Waals surface area contributed by atoms with Crippen LogP contribution in [0.4, 0.5) is 11.4 Å². The Bertz CT molecular complexity index is 755. The Balaban J connectivity index is 1.88. The molecule has 0 saturated carbocycles. The lowest BCUT2D eigenvalue weighted by Crippen LogP contribution is -1.91. The second-order valence-corrected chi connectivity index (χ2v) is 4.65. The fraction of sp³-hybridized carbons (Fsp3) is 0. The summed E-state index contributed by atoms with van der Waals surface area (Å²) in [6.45, 7) is 0. The van der Waals surface area contributed by atoms with Crippen molar-refractivity contribution in [2.75, 3.05) is 5.32 Å². The molecule has 1 aromatic heterocycles. The minimum atomic E-state index is 0.214. The average Bonchev–Trinajstić information content (AvgIpc) is 2.50. The molecule has 0 aliphatic carbocycles. The highest BCUT2D eigenvalue weighted by atomic mass is 16.3. The molecule has 4 heteroatoms. The number of hydrogen-bond acceptors (Lipinski definition) is 4. The molecule has 104 valence electrons. The van der Waals surface area contributed by atoms with Crippen molar-refractivity contribution in [1.82, 2.24) is 4.98 Å². The number of anilines is 2. The van der Waals surface area contributed by atoms with Crippen LogP contribution in [0.2, 0.25) is 0 Å². The summed E-state index contributed by atoms with van der Waals surface area (Å²) in [7, 11) is 0. The Morgan fingerprint density at radius 3 is 2.33 bits per heavy atom. The Labute approximate surface area is 122 Å². The molecule has 0 fully saturated rings. The Morgan fingerprint density at radius 1 is 0.762 bits per heavy atom. The monoisotopic (exact) mass is 278 g/mol. The molecule has 0 aliphatic rings. The van der Waals surface area contributed by atoms with Crippen molar-refractivity contribution in [3.63, 3.8) is 0 Å². The standard InChI is InChI=1S/C17H14N2O2/c20-15-6-4-13(5-7-15)19-14-8-9-18-17(11-14)12-2-1-3-16(21)10-12/h1-11,20-21H,(H,18,19). The van der Waals surface area contributed by atoms with E-state index in [0.717, 1.165) is 22.6 Å². The van der Waals surface area contributed by atoms with E-state index >= 15 is 0 Å². The van der Waals surface area contributed by atoms with Gasteiger partial charge in [-0.2, -0.15) is 0 Å². The van der Waals surface area contributed by atoms with E-state index in [4.69, 9.17) is 0 Å². The quantitative estimate of drug-likeness (QED) is 0.636. The highest BCUT2D eigenvalue weighted by Gasteiger charge is 2.02. The van der Waals surface area contributed by atoms with Gasteiger partial charge in [0.15, 0.2) is 0 Å². The molecule has 1 heterocycles. The molecule has 0 unspecified atom stereocenters. The van der Waals surface area contributed by atoms with E-state index in [1.165, 1.54) is 0 Å². The summed E-state index contributed by atoms with van der Waals surface area (Å²) in [6.07, 6.45) is 1.71. The molecule has 2 aromatic carbocycles. The van der Waals surface area contributed by atoms with E-state index in [1.807, 2.05) is 18.2 Å². The minimum absolute atomic E-state index is 0.214. The van der Waals surface area contributed by atoms with Gasteiger partial charge in [0, 0.05) is 23.1 Å². The van der Waals surface area contributed by atoms with Crippen LogP contribution in [0.25, 0.3) is 11.3 Å². The van der Waals surface area contributed by atoms with E-state index < -0.39 is 0 Å². The summed E-state index contributed by atoms with van der Waals surface area (Å²) in [5, 5.41) is 22.1. The molecule has 0 spiro atoms. The van der Waals surface area contributed by atoms with Crippen LogP contribution in [0.3, 0.4) is 0 Å². The molecule has 0 aliphatic heterocycles. The summed E-state index contributed by atoms with van der Waals surface area (Å²) < 4.78 is 0. The van der Waals surface area contributed by atoms with Gasteiger partial charge in [-0.3, -0.25) is 4.98 Å². The predicted molar refractivity (Wildman–Crippen MR) is 82.7 cm³/mol. The van der Waals surface area contributed by atoms with E-state index in [1.54, 1.807) is 48.7 Å². The van der Waals surface area contributed by atoms with Crippen LogP contribution < -0.4 is 5.32 Å². The first-order valence-corrected chi connectivity index (χ1v) is 6.52. The number of rotatable bonds is 3. The number of nitrogens with one attached hydrogen (secondary N) is 1. The molecule has 0 bridgehead atoms. The van der Waals surface area contributed by atoms with Crippen LogP contribution in [-0.4, -0.2) is 15.2 Å². The summed E-state index contributed by atoms with van der Waals surface area (Å²) in [4.78, 5) is 4.32. The van der Waals surface area contributed by atoms with Crippen molar-refractivity contribution in [2.24, 2.45) is 0 Å². The van der Waals surface area contributed by atoms with Crippen molar-refractivity contribution in [1.29, 1.82) is 0 Å². The van der Waals surface area contributed by atoms with Crippen LogP contribution in [0, 0.1) is 0 Å². The number of nitrogens with zero attached hydrogens (tertiary/aromatic N) is 1. The Morgan fingerprint density at radius 2 is 1.57 bits per heavy atom. The lowest BCUT2D eigenvalue weighted by Gasteiger charge is -2.08. The van der Waals surface area contributed by atoms with Crippen molar-refractivity contribution in [3.8, 4) is 22.8 Å². The highest BCUT2D eigenvalue weighted by molar-refractivity contribution is 5.68. The first-order chi connectivity index (χ1) is 10.2. The lowest BCUT2D eigenvalue weighted by molar-refractivity contribution is 0.475. The SMILES string of the molecule is Oc1ccc(Nc2ccnc(-c3cccc(O)c3)c2)cc1. The van der Waals surface area contributed by atoms with Crippen LogP contribution in [0.15, 0.2) is 66.9 Å². The summed E-state index contributed by atoms with van der Waals surface area (Å²) in [5.74, 6) is 0.446. The van der Waals surface area contributed by atoms with Gasteiger partial charge in [0.2, 0.25) is 0 Å². The highest BCUT2D eigenvalue weighted by Crippen LogP contribution is 2.25. The number of phenolic OH excluding ortho intramolecular Hbond substituents is 2. The second kappa shape index (κ2) is 5.54. The van der Waals surface area contributed by atoms with Crippen LogP contribution in [-0.2, 0) is 0 Å². The van der Waals surface area contributed by atoms with Gasteiger partial charge >= 0.3 is 0 Å². The zero-order chi connectivity index (χ0) is 14.7. The molecule has 3 aromatic rings. The third-order valence-electron chi connectivity index (χ3n) is 3.06. The molecule has 0 amide bonds. The molecule has 4 nitrogen and oxygen atoms in total. The number of phenols is 2. The molecule has 3 rings (SSSR count). The van der Waals surface area contributed by atoms with Crippen molar-refractivity contribution >= 4 is 11.4 Å². The first kappa shape index (κ1) is 13.0. The molecule has 0 radical (unpaired) electrons. The molecule has 0 saturated heterocycles. The molecule has 21 heavy (non-hydrogen) atoms. The van der Waals surface area contributed by atoms with Gasteiger partial charge in [-0.05, 0) is 48.5 Å². The van der Waals surface area contributed by atoms with E-state index in [-0.39, 0.29) is 11.5 Å². The lowest BCUT2D eigenvalue weighted by atomic mass is 10.1. The zero-order valence-electron chi connectivity index (χ0n) is 11.2. The van der Waals surface area contributed by atoms with E-state index in [2.05, 4.69) is 10.3 Å². The van der Waals surface area contributed by atoms with Gasteiger partial charge in [0.1, 0.15) is 11.5 Å². The maximum absolute atomic E-state index is 9.54. The largest absolute Gasteiger partial charge is 0.508 e. The van der Waals surface area contributed by atoms with Crippen LogP contribution >= 0.6 is 0 Å². The summed E-state index contributed by atoms with van der Waals surface area (Å²) in [6, 6.07) is 17.6. The average molecular weight is 278 g/mol. The third kappa shape index (κ3) is 3.12. The maximum Gasteiger partial charge on any atom is 0.116 e. The topological polar surface area (TPSA) is 65.4 Å². The van der Waals surface area contributed by atoms with Crippen LogP contribution in [0.5, 0.6) is 11.5 Å². The fourth-order valence-corrected chi connectivity index (χ4v) is 2.04.